The Bertz CT molecular complexity index is 453. The molecular formula is C13H14Br2FNO. The summed E-state index contributed by atoms with van der Waals surface area (Å²) in [4.78, 5) is 12.3. The minimum absolute atomic E-state index is 0.137. The summed E-state index contributed by atoms with van der Waals surface area (Å²) in [7, 11) is 0. The van der Waals surface area contributed by atoms with Gasteiger partial charge in [0.2, 0.25) is 0 Å². The molecule has 0 bridgehead atoms. The van der Waals surface area contributed by atoms with E-state index in [9.17, 15) is 9.18 Å². The standard InChI is InChI=1S/C13H14Br2FNO/c14-9-6-5-8(7-11(9)16)13(18)17-12-4-2-1-3-10(12)15/h5-7,10,12H,1-4H2,(H,17,18). The number of hydrogen-bond donors (Lipinski definition) is 1. The second-order valence-corrected chi connectivity index (χ2v) is 6.54. The number of halogens is 3. The maximum absolute atomic E-state index is 13.4. The first kappa shape index (κ1) is 14.0. The van der Waals surface area contributed by atoms with E-state index in [0.717, 1.165) is 19.3 Å². The fourth-order valence-corrected chi connectivity index (χ4v) is 3.10. The van der Waals surface area contributed by atoms with Crippen molar-refractivity contribution in [2.75, 3.05) is 0 Å². The first-order valence-electron chi connectivity index (χ1n) is 5.98. The number of carbonyl (C=O) groups excluding carboxylic acids is 1. The van der Waals surface area contributed by atoms with E-state index in [1.807, 2.05) is 0 Å². The summed E-state index contributed by atoms with van der Waals surface area (Å²) in [6.07, 6.45) is 4.36. The van der Waals surface area contributed by atoms with Gasteiger partial charge in [-0.1, -0.05) is 28.8 Å². The molecule has 5 heteroatoms. The molecule has 0 radical (unpaired) electrons. The van der Waals surface area contributed by atoms with Crippen molar-refractivity contribution in [2.24, 2.45) is 0 Å². The van der Waals surface area contributed by atoms with Crippen LogP contribution in [0.15, 0.2) is 22.7 Å². The van der Waals surface area contributed by atoms with Crippen LogP contribution in [0.2, 0.25) is 0 Å². The van der Waals surface area contributed by atoms with Gasteiger partial charge in [-0.05, 0) is 47.0 Å². The van der Waals surface area contributed by atoms with Crippen LogP contribution < -0.4 is 5.32 Å². The van der Waals surface area contributed by atoms with Crippen molar-refractivity contribution in [3.8, 4) is 0 Å². The molecule has 2 nitrogen and oxygen atoms in total. The van der Waals surface area contributed by atoms with Gasteiger partial charge in [-0.15, -0.1) is 0 Å². The Morgan fingerprint density at radius 3 is 2.72 bits per heavy atom. The van der Waals surface area contributed by atoms with E-state index in [-0.39, 0.29) is 11.9 Å². The molecule has 0 saturated heterocycles. The highest BCUT2D eigenvalue weighted by Gasteiger charge is 2.24. The number of hydrogen-bond acceptors (Lipinski definition) is 1. The summed E-state index contributed by atoms with van der Waals surface area (Å²) in [5, 5.41) is 2.96. The van der Waals surface area contributed by atoms with E-state index in [1.165, 1.54) is 12.5 Å². The van der Waals surface area contributed by atoms with Gasteiger partial charge in [-0.2, -0.15) is 0 Å². The number of nitrogens with one attached hydrogen (secondary N) is 1. The summed E-state index contributed by atoms with van der Waals surface area (Å²) in [6, 6.07) is 4.56. The van der Waals surface area contributed by atoms with Crippen molar-refractivity contribution in [1.29, 1.82) is 0 Å². The second-order valence-electron chi connectivity index (χ2n) is 4.51. The fourth-order valence-electron chi connectivity index (χ4n) is 2.14. The fraction of sp³-hybridized carbons (Fsp3) is 0.462. The summed E-state index contributed by atoms with van der Waals surface area (Å²) in [6.45, 7) is 0. The molecule has 1 N–H and O–H groups in total. The minimum atomic E-state index is -0.415. The zero-order chi connectivity index (χ0) is 13.1. The number of benzene rings is 1. The molecule has 1 aliphatic carbocycles. The van der Waals surface area contributed by atoms with E-state index in [2.05, 4.69) is 37.2 Å². The van der Waals surface area contributed by atoms with Gasteiger partial charge in [0, 0.05) is 16.4 Å². The molecule has 98 valence electrons. The Labute approximate surface area is 123 Å². The third kappa shape index (κ3) is 3.32. The van der Waals surface area contributed by atoms with Crippen molar-refractivity contribution >= 4 is 37.8 Å². The zero-order valence-corrected chi connectivity index (χ0v) is 12.9. The topological polar surface area (TPSA) is 29.1 Å². The van der Waals surface area contributed by atoms with Crippen LogP contribution in [-0.2, 0) is 0 Å². The molecule has 0 aromatic heterocycles. The van der Waals surface area contributed by atoms with Gasteiger partial charge < -0.3 is 5.32 Å². The molecule has 18 heavy (non-hydrogen) atoms. The summed E-state index contributed by atoms with van der Waals surface area (Å²) < 4.78 is 13.7. The predicted octanol–water partition coefficient (Wildman–Crippen LogP) is 4.02. The Kier molecular flexibility index (Phi) is 4.78. The highest BCUT2D eigenvalue weighted by atomic mass is 79.9. The zero-order valence-electron chi connectivity index (χ0n) is 9.76. The Hall–Kier alpha value is -0.420. The molecule has 0 heterocycles. The van der Waals surface area contributed by atoms with Crippen molar-refractivity contribution in [1.82, 2.24) is 5.32 Å². The average molecular weight is 379 g/mol. The lowest BCUT2D eigenvalue weighted by Crippen LogP contribution is -2.42. The molecule has 2 rings (SSSR count). The lowest BCUT2D eigenvalue weighted by atomic mass is 9.95. The van der Waals surface area contributed by atoms with Crippen LogP contribution in [0.4, 0.5) is 4.39 Å². The maximum atomic E-state index is 13.4. The number of amides is 1. The van der Waals surface area contributed by atoms with Gasteiger partial charge in [0.05, 0.1) is 4.47 Å². The van der Waals surface area contributed by atoms with Gasteiger partial charge >= 0.3 is 0 Å². The summed E-state index contributed by atoms with van der Waals surface area (Å²) in [5.74, 6) is -0.626. The Morgan fingerprint density at radius 2 is 2.06 bits per heavy atom. The van der Waals surface area contributed by atoms with Crippen molar-refractivity contribution in [2.45, 2.75) is 36.6 Å². The van der Waals surface area contributed by atoms with Crippen LogP contribution in [0.5, 0.6) is 0 Å². The third-order valence-electron chi connectivity index (χ3n) is 3.18. The first-order valence-corrected chi connectivity index (χ1v) is 7.69. The van der Waals surface area contributed by atoms with Crippen LogP contribution in [0.25, 0.3) is 0 Å². The largest absolute Gasteiger partial charge is 0.348 e. The van der Waals surface area contributed by atoms with E-state index < -0.39 is 5.82 Å². The number of carbonyl (C=O) groups is 1. The van der Waals surface area contributed by atoms with Crippen LogP contribution in [0.3, 0.4) is 0 Å². The lowest BCUT2D eigenvalue weighted by Gasteiger charge is -2.28. The molecule has 1 aromatic rings. The molecule has 1 amide bonds. The molecule has 1 fully saturated rings. The third-order valence-corrected chi connectivity index (χ3v) is 4.92. The van der Waals surface area contributed by atoms with Crippen LogP contribution in [-0.4, -0.2) is 16.8 Å². The normalized spacial score (nSPS) is 23.7. The number of rotatable bonds is 2. The molecule has 1 aliphatic rings. The van der Waals surface area contributed by atoms with E-state index >= 15 is 0 Å². The van der Waals surface area contributed by atoms with Gasteiger partial charge in [0.15, 0.2) is 0 Å². The molecule has 1 aromatic carbocycles. The summed E-state index contributed by atoms with van der Waals surface area (Å²) >= 11 is 6.66. The quantitative estimate of drug-likeness (QED) is 0.773. The minimum Gasteiger partial charge on any atom is -0.348 e. The van der Waals surface area contributed by atoms with Crippen molar-refractivity contribution in [3.63, 3.8) is 0 Å². The highest BCUT2D eigenvalue weighted by Crippen LogP contribution is 2.25. The molecule has 0 spiro atoms. The second kappa shape index (κ2) is 6.15. The number of alkyl halides is 1. The lowest BCUT2D eigenvalue weighted by molar-refractivity contribution is 0.0929. The molecule has 1 saturated carbocycles. The van der Waals surface area contributed by atoms with E-state index in [4.69, 9.17) is 0 Å². The Balaban J connectivity index is 2.04. The van der Waals surface area contributed by atoms with Crippen LogP contribution >= 0.6 is 31.9 Å². The van der Waals surface area contributed by atoms with Crippen molar-refractivity contribution in [3.05, 3.63) is 34.1 Å². The van der Waals surface area contributed by atoms with Crippen molar-refractivity contribution < 1.29 is 9.18 Å². The first-order chi connectivity index (χ1) is 8.58. The van der Waals surface area contributed by atoms with Gasteiger partial charge in [-0.25, -0.2) is 4.39 Å². The molecule has 0 aliphatic heterocycles. The Morgan fingerprint density at radius 1 is 1.33 bits per heavy atom. The van der Waals surface area contributed by atoms with Crippen LogP contribution in [0, 0.1) is 5.82 Å². The van der Waals surface area contributed by atoms with Gasteiger partial charge in [-0.3, -0.25) is 4.79 Å². The molecule has 2 unspecified atom stereocenters. The van der Waals surface area contributed by atoms with E-state index in [0.29, 0.717) is 14.9 Å². The average Bonchev–Trinajstić information content (AvgIpc) is 2.35. The smallest absolute Gasteiger partial charge is 0.251 e. The predicted molar refractivity (Wildman–Crippen MR) is 76.5 cm³/mol. The monoisotopic (exact) mass is 377 g/mol. The highest BCUT2D eigenvalue weighted by molar-refractivity contribution is 9.10. The maximum Gasteiger partial charge on any atom is 0.251 e. The van der Waals surface area contributed by atoms with Gasteiger partial charge in [0.25, 0.3) is 5.91 Å². The SMILES string of the molecule is O=C(NC1CCCCC1Br)c1ccc(Br)c(F)c1. The van der Waals surface area contributed by atoms with E-state index in [1.54, 1.807) is 12.1 Å². The van der Waals surface area contributed by atoms with Gasteiger partial charge in [0.1, 0.15) is 5.82 Å². The summed E-state index contributed by atoms with van der Waals surface area (Å²) in [5.41, 5.74) is 0.362. The van der Waals surface area contributed by atoms with Crippen LogP contribution in [0.1, 0.15) is 36.0 Å². The molecule has 2 atom stereocenters. The molecular weight excluding hydrogens is 365 g/mol.